The number of benzene rings is 1. The van der Waals surface area contributed by atoms with Crippen LogP contribution in [0.4, 0.5) is 0 Å². The largest absolute Gasteiger partial charge is 0.328 e. The number of nitrogens with zero attached hydrogens (tertiary/aromatic N) is 4. The van der Waals surface area contributed by atoms with Gasteiger partial charge in [-0.05, 0) is 31.0 Å². The van der Waals surface area contributed by atoms with E-state index in [0.29, 0.717) is 0 Å². The molecule has 6 heteroatoms. The maximum Gasteiger partial charge on any atom is 0.255 e. The van der Waals surface area contributed by atoms with Gasteiger partial charge in [-0.15, -0.1) is 21.5 Å². The molecule has 3 aromatic heterocycles. The van der Waals surface area contributed by atoms with Crippen LogP contribution in [0.1, 0.15) is 35.1 Å². The van der Waals surface area contributed by atoms with Crippen molar-refractivity contribution in [2.75, 3.05) is 6.54 Å². The lowest BCUT2D eigenvalue weighted by Crippen LogP contribution is -2.31. The Balaban J connectivity index is 1.55. The maximum absolute atomic E-state index is 13.2. The molecule has 25 heavy (non-hydrogen) atoms. The highest BCUT2D eigenvalue weighted by atomic mass is 32.1. The first-order valence-corrected chi connectivity index (χ1v) is 9.28. The van der Waals surface area contributed by atoms with Crippen molar-refractivity contribution in [3.8, 4) is 0 Å². The highest BCUT2D eigenvalue weighted by molar-refractivity contribution is 7.17. The van der Waals surface area contributed by atoms with E-state index >= 15 is 0 Å². The van der Waals surface area contributed by atoms with Gasteiger partial charge in [-0.3, -0.25) is 9.20 Å². The lowest BCUT2D eigenvalue weighted by Gasteiger charge is -2.23. The van der Waals surface area contributed by atoms with E-state index in [1.165, 1.54) is 0 Å². The third kappa shape index (κ3) is 2.25. The number of likely N-dealkylation sites (tertiary alicyclic amines) is 1. The predicted molar refractivity (Wildman–Crippen MR) is 97.8 cm³/mol. The Labute approximate surface area is 148 Å². The number of hydrogen-bond acceptors (Lipinski definition) is 4. The lowest BCUT2D eigenvalue weighted by atomic mass is 10.1. The van der Waals surface area contributed by atoms with E-state index < -0.39 is 0 Å². The van der Waals surface area contributed by atoms with Crippen LogP contribution in [-0.2, 0) is 0 Å². The molecule has 124 valence electrons. The minimum Gasteiger partial charge on any atom is -0.328 e. The standard InChI is InChI=1S/C19H16N4OS/c24-19(14-12-25-16-8-2-1-6-13(14)16)22-11-5-7-15(22)18-21-20-17-9-3-4-10-23(17)18/h1-4,6,8-10,12,15H,5,7,11H2. The maximum atomic E-state index is 13.2. The number of carbonyl (C=O) groups excluding carboxylic acids is 1. The van der Waals surface area contributed by atoms with E-state index in [1.54, 1.807) is 11.3 Å². The normalized spacial score (nSPS) is 17.6. The zero-order valence-electron chi connectivity index (χ0n) is 13.5. The molecule has 0 saturated carbocycles. The summed E-state index contributed by atoms with van der Waals surface area (Å²) in [6, 6.07) is 13.9. The fraction of sp³-hybridized carbons (Fsp3) is 0.211. The first-order valence-electron chi connectivity index (χ1n) is 8.40. The second kappa shape index (κ2) is 5.67. The minimum atomic E-state index is -0.0245. The molecule has 1 aliphatic heterocycles. The van der Waals surface area contributed by atoms with Gasteiger partial charge in [0, 0.05) is 28.2 Å². The second-order valence-electron chi connectivity index (χ2n) is 6.29. The van der Waals surface area contributed by atoms with E-state index in [1.807, 2.05) is 57.3 Å². The fourth-order valence-corrected chi connectivity index (χ4v) is 4.60. The summed E-state index contributed by atoms with van der Waals surface area (Å²) >= 11 is 1.62. The molecule has 1 atom stereocenters. The Morgan fingerprint density at radius 1 is 1.12 bits per heavy atom. The molecule has 1 fully saturated rings. The Kier molecular flexibility index (Phi) is 3.31. The number of fused-ring (bicyclic) bond motifs is 2. The zero-order chi connectivity index (χ0) is 16.8. The SMILES string of the molecule is O=C(c1csc2ccccc12)N1CCCC1c1nnc2ccccn12. The molecule has 0 N–H and O–H groups in total. The van der Waals surface area contributed by atoms with E-state index in [4.69, 9.17) is 0 Å². The van der Waals surface area contributed by atoms with Crippen molar-refractivity contribution in [2.24, 2.45) is 0 Å². The number of hydrogen-bond donors (Lipinski definition) is 0. The van der Waals surface area contributed by atoms with Crippen LogP contribution in [0.25, 0.3) is 15.7 Å². The van der Waals surface area contributed by atoms with Crippen molar-refractivity contribution in [3.05, 3.63) is 65.4 Å². The summed E-state index contributed by atoms with van der Waals surface area (Å²) in [5, 5.41) is 11.6. The number of pyridine rings is 1. The van der Waals surface area contributed by atoms with E-state index in [2.05, 4.69) is 16.3 Å². The average Bonchev–Trinajstić information content (AvgIpc) is 3.38. The third-order valence-electron chi connectivity index (χ3n) is 4.86. The average molecular weight is 348 g/mol. The van der Waals surface area contributed by atoms with E-state index in [0.717, 1.165) is 46.5 Å². The van der Waals surface area contributed by atoms with Gasteiger partial charge in [0.15, 0.2) is 11.5 Å². The Morgan fingerprint density at radius 3 is 2.96 bits per heavy atom. The summed E-state index contributed by atoms with van der Waals surface area (Å²) in [5.74, 6) is 0.939. The van der Waals surface area contributed by atoms with Gasteiger partial charge in [-0.25, -0.2) is 0 Å². The number of aromatic nitrogens is 3. The van der Waals surface area contributed by atoms with Crippen LogP contribution in [0.15, 0.2) is 54.0 Å². The first-order chi connectivity index (χ1) is 12.3. The van der Waals surface area contributed by atoms with Gasteiger partial charge in [-0.1, -0.05) is 24.3 Å². The Morgan fingerprint density at radius 2 is 2.00 bits per heavy atom. The van der Waals surface area contributed by atoms with Crippen LogP contribution in [0.2, 0.25) is 0 Å². The zero-order valence-corrected chi connectivity index (χ0v) is 14.3. The van der Waals surface area contributed by atoms with Gasteiger partial charge >= 0.3 is 0 Å². The van der Waals surface area contributed by atoms with Crippen molar-refractivity contribution >= 4 is 33.0 Å². The van der Waals surface area contributed by atoms with Crippen molar-refractivity contribution in [2.45, 2.75) is 18.9 Å². The molecule has 4 heterocycles. The molecule has 5 nitrogen and oxygen atoms in total. The quantitative estimate of drug-likeness (QED) is 0.552. The van der Waals surface area contributed by atoms with Crippen LogP contribution in [0.5, 0.6) is 0 Å². The van der Waals surface area contributed by atoms with Crippen LogP contribution in [-0.4, -0.2) is 31.9 Å². The van der Waals surface area contributed by atoms with Gasteiger partial charge in [0.25, 0.3) is 5.91 Å². The van der Waals surface area contributed by atoms with Gasteiger partial charge < -0.3 is 4.90 Å². The molecule has 0 bridgehead atoms. The topological polar surface area (TPSA) is 50.5 Å². The number of rotatable bonds is 2. The smallest absolute Gasteiger partial charge is 0.255 e. The molecule has 1 amide bonds. The Bertz CT molecular complexity index is 1080. The van der Waals surface area contributed by atoms with Crippen molar-refractivity contribution in [3.63, 3.8) is 0 Å². The summed E-state index contributed by atoms with van der Waals surface area (Å²) in [7, 11) is 0. The molecule has 1 aliphatic rings. The van der Waals surface area contributed by atoms with Gasteiger partial charge in [-0.2, -0.15) is 0 Å². The Hall–Kier alpha value is -2.73. The summed E-state index contributed by atoms with van der Waals surface area (Å²) < 4.78 is 3.14. The molecule has 0 aliphatic carbocycles. The molecule has 0 spiro atoms. The van der Waals surface area contributed by atoms with Crippen LogP contribution in [0.3, 0.4) is 0 Å². The summed E-state index contributed by atoms with van der Waals surface area (Å²) in [6.45, 7) is 0.759. The third-order valence-corrected chi connectivity index (χ3v) is 5.83. The minimum absolute atomic E-state index is 0.0245. The van der Waals surface area contributed by atoms with Crippen molar-refractivity contribution < 1.29 is 4.79 Å². The molecule has 5 rings (SSSR count). The first kappa shape index (κ1) is 14.6. The molecule has 0 radical (unpaired) electrons. The molecule has 4 aromatic rings. The summed E-state index contributed by atoms with van der Waals surface area (Å²) in [5.41, 5.74) is 1.61. The van der Waals surface area contributed by atoms with Gasteiger partial charge in [0.1, 0.15) is 0 Å². The molecular weight excluding hydrogens is 332 g/mol. The summed E-state index contributed by atoms with van der Waals surface area (Å²) in [6.07, 6.45) is 3.87. The van der Waals surface area contributed by atoms with Gasteiger partial charge in [0.05, 0.1) is 11.6 Å². The number of carbonyl (C=O) groups is 1. The van der Waals surface area contributed by atoms with Crippen LogP contribution < -0.4 is 0 Å². The van der Waals surface area contributed by atoms with Crippen molar-refractivity contribution in [1.29, 1.82) is 0 Å². The highest BCUT2D eigenvalue weighted by Gasteiger charge is 2.34. The molecule has 1 unspecified atom stereocenters. The van der Waals surface area contributed by atoms with E-state index in [-0.39, 0.29) is 11.9 Å². The van der Waals surface area contributed by atoms with E-state index in [9.17, 15) is 4.79 Å². The molecular formula is C19H16N4OS. The van der Waals surface area contributed by atoms with Crippen molar-refractivity contribution in [1.82, 2.24) is 19.5 Å². The number of amides is 1. The monoisotopic (exact) mass is 348 g/mol. The highest BCUT2D eigenvalue weighted by Crippen LogP contribution is 2.35. The molecule has 1 saturated heterocycles. The second-order valence-corrected chi connectivity index (χ2v) is 7.20. The molecule has 1 aromatic carbocycles. The van der Waals surface area contributed by atoms with Gasteiger partial charge in [0.2, 0.25) is 0 Å². The summed E-state index contributed by atoms with van der Waals surface area (Å²) in [4.78, 5) is 15.2. The van der Waals surface area contributed by atoms with Crippen LogP contribution >= 0.6 is 11.3 Å². The van der Waals surface area contributed by atoms with Crippen LogP contribution in [0, 0.1) is 0 Å². The fourth-order valence-electron chi connectivity index (χ4n) is 3.66. The predicted octanol–water partition coefficient (Wildman–Crippen LogP) is 3.92. The number of thiophene rings is 1. The lowest BCUT2D eigenvalue weighted by molar-refractivity contribution is 0.0731.